The first-order chi connectivity index (χ1) is 12.5. The monoisotopic (exact) mass is 352 g/mol. The van der Waals surface area contributed by atoms with Gasteiger partial charge < -0.3 is 19.4 Å². The van der Waals surface area contributed by atoms with Gasteiger partial charge in [0, 0.05) is 22.6 Å². The topological polar surface area (TPSA) is 97.0 Å². The first-order valence-electron chi connectivity index (χ1n) is 7.81. The van der Waals surface area contributed by atoms with Crippen LogP contribution in [0.3, 0.4) is 0 Å². The minimum Gasteiger partial charge on any atom is -0.493 e. The summed E-state index contributed by atoms with van der Waals surface area (Å²) in [5, 5.41) is 18.7. The summed E-state index contributed by atoms with van der Waals surface area (Å²) in [5.74, 6) is -1.20. The summed E-state index contributed by atoms with van der Waals surface area (Å²) < 4.78 is 11.3. The van der Waals surface area contributed by atoms with Crippen LogP contribution < -0.4 is 4.74 Å². The lowest BCUT2D eigenvalue weighted by atomic mass is 10.0. The minimum atomic E-state index is -1.08. The zero-order valence-corrected chi connectivity index (χ0v) is 13.9. The Labute approximate surface area is 148 Å². The number of hydrogen-bond acceptors (Lipinski definition) is 4. The lowest BCUT2D eigenvalue weighted by molar-refractivity contribution is -0.136. The van der Waals surface area contributed by atoms with Crippen molar-refractivity contribution in [2.75, 3.05) is 7.11 Å². The summed E-state index contributed by atoms with van der Waals surface area (Å²) in [7, 11) is 1.47. The number of ether oxygens (including phenoxy) is 1. The zero-order chi connectivity index (χ0) is 18.7. The van der Waals surface area contributed by atoms with E-state index in [0.29, 0.717) is 33.6 Å². The van der Waals surface area contributed by atoms with Crippen molar-refractivity contribution < 1.29 is 29.0 Å². The van der Waals surface area contributed by atoms with Crippen molar-refractivity contribution in [3.8, 4) is 17.1 Å². The molecule has 0 amide bonds. The van der Waals surface area contributed by atoms with Gasteiger partial charge in [-0.3, -0.25) is 4.79 Å². The van der Waals surface area contributed by atoms with E-state index in [1.165, 1.54) is 13.2 Å². The maximum absolute atomic E-state index is 11.4. The molecule has 3 rings (SSSR count). The number of carboxylic acids is 2. The van der Waals surface area contributed by atoms with Gasteiger partial charge in [-0.05, 0) is 23.8 Å². The number of carbonyl (C=O) groups is 2. The average molecular weight is 352 g/mol. The predicted octanol–water partition coefficient (Wildman–Crippen LogP) is 3.83. The van der Waals surface area contributed by atoms with E-state index >= 15 is 0 Å². The summed E-state index contributed by atoms with van der Waals surface area (Å²) in [5.41, 5.74) is 2.27. The first kappa shape index (κ1) is 17.3. The van der Waals surface area contributed by atoms with Gasteiger partial charge in [-0.2, -0.15) is 0 Å². The van der Waals surface area contributed by atoms with Crippen LogP contribution in [-0.2, 0) is 16.0 Å². The molecule has 0 aliphatic heterocycles. The fourth-order valence-electron chi connectivity index (χ4n) is 2.80. The Bertz CT molecular complexity index is 998. The molecule has 0 fully saturated rings. The van der Waals surface area contributed by atoms with Crippen molar-refractivity contribution in [1.29, 1.82) is 0 Å². The first-order valence-corrected chi connectivity index (χ1v) is 7.81. The van der Waals surface area contributed by atoms with Gasteiger partial charge in [0.05, 0.1) is 13.5 Å². The maximum atomic E-state index is 11.4. The number of furan rings is 1. The molecular weight excluding hydrogens is 336 g/mol. The molecule has 0 saturated heterocycles. The van der Waals surface area contributed by atoms with Crippen LogP contribution >= 0.6 is 0 Å². The van der Waals surface area contributed by atoms with Gasteiger partial charge in [-0.15, -0.1) is 0 Å². The van der Waals surface area contributed by atoms with Crippen molar-refractivity contribution >= 4 is 29.0 Å². The Balaban J connectivity index is 2.28. The fraction of sp³-hybridized carbons (Fsp3) is 0.100. The van der Waals surface area contributed by atoms with E-state index in [1.807, 2.05) is 30.3 Å². The Morgan fingerprint density at radius 1 is 1.15 bits per heavy atom. The van der Waals surface area contributed by atoms with Gasteiger partial charge in [0.2, 0.25) is 0 Å². The average Bonchev–Trinajstić information content (AvgIpc) is 2.98. The van der Waals surface area contributed by atoms with Crippen LogP contribution in [0.2, 0.25) is 0 Å². The van der Waals surface area contributed by atoms with Crippen LogP contribution in [0.25, 0.3) is 28.4 Å². The van der Waals surface area contributed by atoms with Crippen LogP contribution in [0.15, 0.2) is 53.0 Å². The van der Waals surface area contributed by atoms with E-state index in [0.717, 1.165) is 11.6 Å². The molecule has 1 aromatic heterocycles. The molecule has 3 aromatic rings. The van der Waals surface area contributed by atoms with Crippen LogP contribution in [0.5, 0.6) is 5.75 Å². The number of methoxy groups -OCH3 is 1. The zero-order valence-electron chi connectivity index (χ0n) is 13.9. The molecule has 0 spiro atoms. The fourth-order valence-corrected chi connectivity index (χ4v) is 2.80. The highest BCUT2D eigenvalue weighted by atomic mass is 16.5. The third-order valence-corrected chi connectivity index (χ3v) is 3.88. The van der Waals surface area contributed by atoms with Crippen molar-refractivity contribution in [2.24, 2.45) is 0 Å². The lowest BCUT2D eigenvalue weighted by Gasteiger charge is -2.03. The van der Waals surface area contributed by atoms with Crippen LogP contribution in [0.1, 0.15) is 11.1 Å². The van der Waals surface area contributed by atoms with Crippen molar-refractivity contribution in [2.45, 2.75) is 6.42 Å². The third-order valence-electron chi connectivity index (χ3n) is 3.88. The van der Waals surface area contributed by atoms with Crippen molar-refractivity contribution in [1.82, 2.24) is 0 Å². The second kappa shape index (κ2) is 7.14. The molecule has 132 valence electrons. The van der Waals surface area contributed by atoms with Gasteiger partial charge >= 0.3 is 11.9 Å². The molecule has 26 heavy (non-hydrogen) atoms. The smallest absolute Gasteiger partial charge is 0.328 e. The Morgan fingerprint density at radius 2 is 1.88 bits per heavy atom. The van der Waals surface area contributed by atoms with Crippen LogP contribution in [-0.4, -0.2) is 29.3 Å². The van der Waals surface area contributed by atoms with Gasteiger partial charge in [0.25, 0.3) is 0 Å². The number of fused-ring (bicyclic) bond motifs is 1. The van der Waals surface area contributed by atoms with E-state index < -0.39 is 11.9 Å². The van der Waals surface area contributed by atoms with Crippen molar-refractivity contribution in [3.63, 3.8) is 0 Å². The molecule has 0 unspecified atom stereocenters. The Kier molecular flexibility index (Phi) is 4.75. The van der Waals surface area contributed by atoms with Gasteiger partial charge in [0.15, 0.2) is 11.3 Å². The molecule has 6 heteroatoms. The molecule has 6 nitrogen and oxygen atoms in total. The molecule has 0 aliphatic rings. The number of aliphatic carboxylic acids is 2. The summed E-state index contributed by atoms with van der Waals surface area (Å²) >= 11 is 0. The molecule has 0 atom stereocenters. The molecule has 0 saturated carbocycles. The standard InChI is InChI=1S/C20H16O6/c1-25-16-10-12(7-8-17(21)22)9-14-15(11-18(23)24)19(26-20(14)16)13-5-3-2-4-6-13/h2-10H,11H2,1H3,(H,21,22)(H,23,24)/b8-7+. The van der Waals surface area contributed by atoms with E-state index in [1.54, 1.807) is 12.1 Å². The Hall–Kier alpha value is -3.54. The predicted molar refractivity (Wildman–Crippen MR) is 96.2 cm³/mol. The molecule has 0 radical (unpaired) electrons. The third kappa shape index (κ3) is 3.44. The molecule has 2 N–H and O–H groups in total. The summed E-state index contributed by atoms with van der Waals surface area (Å²) in [6.45, 7) is 0. The Morgan fingerprint density at radius 3 is 2.50 bits per heavy atom. The highest BCUT2D eigenvalue weighted by Crippen LogP contribution is 2.39. The second-order valence-electron chi connectivity index (χ2n) is 5.62. The molecule has 0 aliphatic carbocycles. The van der Waals surface area contributed by atoms with E-state index in [2.05, 4.69) is 0 Å². The van der Waals surface area contributed by atoms with E-state index in [-0.39, 0.29) is 6.42 Å². The van der Waals surface area contributed by atoms with E-state index in [9.17, 15) is 14.7 Å². The van der Waals surface area contributed by atoms with Gasteiger partial charge in [-0.1, -0.05) is 30.3 Å². The number of rotatable bonds is 6. The highest BCUT2D eigenvalue weighted by molar-refractivity contribution is 5.96. The summed E-state index contributed by atoms with van der Waals surface area (Å²) in [4.78, 5) is 22.2. The number of carboxylic acid groups (broad SMARTS) is 2. The molecule has 1 heterocycles. The summed E-state index contributed by atoms with van der Waals surface area (Å²) in [6, 6.07) is 12.5. The number of benzene rings is 2. The van der Waals surface area contributed by atoms with Crippen LogP contribution in [0.4, 0.5) is 0 Å². The second-order valence-corrected chi connectivity index (χ2v) is 5.62. The quantitative estimate of drug-likeness (QED) is 0.654. The SMILES string of the molecule is COc1cc(/C=C/C(=O)O)cc2c(CC(=O)O)c(-c3ccccc3)oc12. The molecule has 0 bridgehead atoms. The highest BCUT2D eigenvalue weighted by Gasteiger charge is 2.21. The van der Waals surface area contributed by atoms with Gasteiger partial charge in [0.1, 0.15) is 5.76 Å². The maximum Gasteiger partial charge on any atom is 0.328 e. The molecule has 2 aromatic carbocycles. The molecular formula is C20H16O6. The lowest BCUT2D eigenvalue weighted by Crippen LogP contribution is -2.00. The number of hydrogen-bond donors (Lipinski definition) is 2. The summed E-state index contributed by atoms with van der Waals surface area (Å²) in [6.07, 6.45) is 2.20. The largest absolute Gasteiger partial charge is 0.493 e. The van der Waals surface area contributed by atoms with Crippen LogP contribution in [0, 0.1) is 0 Å². The van der Waals surface area contributed by atoms with E-state index in [4.69, 9.17) is 14.3 Å². The van der Waals surface area contributed by atoms with Gasteiger partial charge in [-0.25, -0.2) is 4.79 Å². The normalized spacial score (nSPS) is 11.1. The van der Waals surface area contributed by atoms with Crippen molar-refractivity contribution in [3.05, 3.63) is 59.7 Å². The minimum absolute atomic E-state index is 0.230.